The van der Waals surface area contributed by atoms with Gasteiger partial charge in [0.05, 0.1) is 12.2 Å². The minimum atomic E-state index is -0.223. The van der Waals surface area contributed by atoms with E-state index in [1.165, 1.54) is 0 Å². The third-order valence-electron chi connectivity index (χ3n) is 3.89. The van der Waals surface area contributed by atoms with E-state index >= 15 is 0 Å². The number of furan rings is 2. The molecule has 0 aliphatic heterocycles. The lowest BCUT2D eigenvalue weighted by atomic mass is 10.0. The van der Waals surface area contributed by atoms with Crippen molar-refractivity contribution < 1.29 is 13.6 Å². The van der Waals surface area contributed by atoms with Gasteiger partial charge in [-0.2, -0.15) is 0 Å². The zero-order chi connectivity index (χ0) is 16.4. The van der Waals surface area contributed by atoms with Crippen molar-refractivity contribution in [1.29, 1.82) is 0 Å². The van der Waals surface area contributed by atoms with Gasteiger partial charge in [-0.05, 0) is 35.7 Å². The van der Waals surface area contributed by atoms with Crippen molar-refractivity contribution in [2.45, 2.75) is 5.92 Å². The maximum absolute atomic E-state index is 12.4. The fraction of sp³-hybridized carbons (Fsp3) is 0.105. The molecule has 24 heavy (non-hydrogen) atoms. The molecular weight excluding hydrogens is 322 g/mol. The summed E-state index contributed by atoms with van der Waals surface area (Å²) < 4.78 is 11.1. The molecule has 0 saturated carbocycles. The quantitative estimate of drug-likeness (QED) is 0.577. The Morgan fingerprint density at radius 2 is 2.04 bits per heavy atom. The van der Waals surface area contributed by atoms with Crippen molar-refractivity contribution in [3.8, 4) is 0 Å². The van der Waals surface area contributed by atoms with Gasteiger partial charge < -0.3 is 14.2 Å². The zero-order valence-electron chi connectivity index (χ0n) is 12.8. The molecule has 1 aromatic carbocycles. The van der Waals surface area contributed by atoms with Crippen LogP contribution in [0, 0.1) is 0 Å². The van der Waals surface area contributed by atoms with Gasteiger partial charge in [-0.15, -0.1) is 11.3 Å². The van der Waals surface area contributed by atoms with Crippen LogP contribution in [-0.2, 0) is 0 Å². The van der Waals surface area contributed by atoms with Gasteiger partial charge in [0.1, 0.15) is 11.3 Å². The van der Waals surface area contributed by atoms with Crippen LogP contribution in [0.25, 0.3) is 11.0 Å². The summed E-state index contributed by atoms with van der Waals surface area (Å²) >= 11 is 1.65. The first-order valence-electron chi connectivity index (χ1n) is 7.65. The monoisotopic (exact) mass is 337 g/mol. The fourth-order valence-electron chi connectivity index (χ4n) is 2.70. The molecular formula is C19H15NO3S. The maximum Gasteiger partial charge on any atom is 0.287 e. The zero-order valence-corrected chi connectivity index (χ0v) is 13.6. The van der Waals surface area contributed by atoms with Crippen molar-refractivity contribution in [3.63, 3.8) is 0 Å². The van der Waals surface area contributed by atoms with Crippen molar-refractivity contribution in [1.82, 2.24) is 5.32 Å². The molecule has 4 aromatic rings. The van der Waals surface area contributed by atoms with E-state index in [1.807, 2.05) is 53.9 Å². The molecule has 0 aliphatic carbocycles. The Morgan fingerprint density at radius 1 is 1.12 bits per heavy atom. The number of fused-ring (bicyclic) bond motifs is 1. The Bertz CT molecular complexity index is 871. The molecule has 3 heterocycles. The predicted octanol–water partition coefficient (Wildman–Crippen LogP) is 4.65. The molecule has 0 aliphatic rings. The summed E-state index contributed by atoms with van der Waals surface area (Å²) in [4.78, 5) is 13.6. The summed E-state index contributed by atoms with van der Waals surface area (Å²) in [7, 11) is 0. The highest BCUT2D eigenvalue weighted by molar-refractivity contribution is 7.10. The summed E-state index contributed by atoms with van der Waals surface area (Å²) in [6, 6.07) is 17.2. The molecule has 0 unspecified atom stereocenters. The highest BCUT2D eigenvalue weighted by Gasteiger charge is 2.20. The first kappa shape index (κ1) is 14.8. The van der Waals surface area contributed by atoms with Crippen LogP contribution in [0.4, 0.5) is 0 Å². The summed E-state index contributed by atoms with van der Waals surface area (Å²) in [5.74, 6) is 0.926. The van der Waals surface area contributed by atoms with Gasteiger partial charge in [-0.1, -0.05) is 24.3 Å². The van der Waals surface area contributed by atoms with Crippen LogP contribution < -0.4 is 5.32 Å². The van der Waals surface area contributed by atoms with E-state index in [0.717, 1.165) is 16.0 Å². The lowest BCUT2D eigenvalue weighted by molar-refractivity contribution is 0.0926. The SMILES string of the molecule is O=C(NC[C@H](c1ccco1)c1cccs1)c1cc2ccccc2o1. The highest BCUT2D eigenvalue weighted by Crippen LogP contribution is 2.28. The van der Waals surface area contributed by atoms with Crippen LogP contribution in [-0.4, -0.2) is 12.5 Å². The molecule has 4 nitrogen and oxygen atoms in total. The first-order valence-corrected chi connectivity index (χ1v) is 8.53. The number of amides is 1. The van der Waals surface area contributed by atoms with Crippen molar-refractivity contribution in [3.05, 3.63) is 82.6 Å². The third kappa shape index (κ3) is 2.86. The number of carbonyl (C=O) groups is 1. The number of hydrogen-bond acceptors (Lipinski definition) is 4. The molecule has 0 bridgehead atoms. The summed E-state index contributed by atoms with van der Waals surface area (Å²) in [6.45, 7) is 0.448. The minimum Gasteiger partial charge on any atom is -0.469 e. The average molecular weight is 337 g/mol. The molecule has 4 rings (SSSR count). The van der Waals surface area contributed by atoms with Crippen LogP contribution in [0.2, 0.25) is 0 Å². The average Bonchev–Trinajstić information content (AvgIpc) is 3.35. The van der Waals surface area contributed by atoms with Crippen LogP contribution in [0.5, 0.6) is 0 Å². The number of rotatable bonds is 5. The Balaban J connectivity index is 1.52. The van der Waals surface area contributed by atoms with Crippen molar-refractivity contribution in [2.24, 2.45) is 0 Å². The van der Waals surface area contributed by atoms with Crippen LogP contribution in [0.1, 0.15) is 27.1 Å². The first-order chi connectivity index (χ1) is 11.8. The van der Waals surface area contributed by atoms with Gasteiger partial charge >= 0.3 is 0 Å². The second kappa shape index (κ2) is 6.37. The Kier molecular flexibility index (Phi) is 3.92. The Labute approximate surface area is 142 Å². The largest absolute Gasteiger partial charge is 0.469 e. The predicted molar refractivity (Wildman–Crippen MR) is 93.4 cm³/mol. The number of para-hydroxylation sites is 1. The highest BCUT2D eigenvalue weighted by atomic mass is 32.1. The third-order valence-corrected chi connectivity index (χ3v) is 4.88. The Hall–Kier alpha value is -2.79. The molecule has 1 N–H and O–H groups in total. The number of thiophene rings is 1. The summed E-state index contributed by atoms with van der Waals surface area (Å²) in [5.41, 5.74) is 0.712. The van der Waals surface area contributed by atoms with E-state index in [9.17, 15) is 4.79 Å². The van der Waals surface area contributed by atoms with Crippen LogP contribution in [0.15, 0.2) is 75.1 Å². The second-order valence-corrected chi connectivity index (χ2v) is 6.42. The molecule has 0 radical (unpaired) electrons. The standard InChI is InChI=1S/C19H15NO3S/c21-19(17-11-13-5-1-2-6-15(13)23-17)20-12-14(16-7-3-9-22-16)18-8-4-10-24-18/h1-11,14H,12H2,(H,20,21)/t14-/m1/s1. The van der Waals surface area contributed by atoms with E-state index in [0.29, 0.717) is 17.9 Å². The number of nitrogens with one attached hydrogen (secondary N) is 1. The maximum atomic E-state index is 12.4. The van der Waals surface area contributed by atoms with Gasteiger partial charge in [0.25, 0.3) is 5.91 Å². The number of hydrogen-bond donors (Lipinski definition) is 1. The molecule has 0 spiro atoms. The normalized spacial score (nSPS) is 12.3. The molecule has 0 saturated heterocycles. The van der Waals surface area contributed by atoms with E-state index in [2.05, 4.69) is 5.32 Å². The van der Waals surface area contributed by atoms with E-state index in [1.54, 1.807) is 23.7 Å². The molecule has 0 fully saturated rings. The van der Waals surface area contributed by atoms with Gasteiger partial charge in [-0.25, -0.2) is 0 Å². The van der Waals surface area contributed by atoms with Crippen LogP contribution in [0.3, 0.4) is 0 Å². The van der Waals surface area contributed by atoms with E-state index < -0.39 is 0 Å². The van der Waals surface area contributed by atoms with Crippen molar-refractivity contribution in [2.75, 3.05) is 6.54 Å². The minimum absolute atomic E-state index is 0.00618. The smallest absolute Gasteiger partial charge is 0.287 e. The fourth-order valence-corrected chi connectivity index (χ4v) is 3.53. The molecule has 1 atom stereocenters. The molecule has 5 heteroatoms. The van der Waals surface area contributed by atoms with Gasteiger partial charge in [-0.3, -0.25) is 4.79 Å². The van der Waals surface area contributed by atoms with Gasteiger partial charge in [0.2, 0.25) is 0 Å². The molecule has 1 amide bonds. The van der Waals surface area contributed by atoms with E-state index in [4.69, 9.17) is 8.83 Å². The second-order valence-electron chi connectivity index (χ2n) is 5.44. The lowest BCUT2D eigenvalue weighted by Crippen LogP contribution is -2.28. The number of carbonyl (C=O) groups excluding carboxylic acids is 1. The molecule has 120 valence electrons. The topological polar surface area (TPSA) is 55.4 Å². The van der Waals surface area contributed by atoms with Gasteiger partial charge in [0.15, 0.2) is 5.76 Å². The summed E-state index contributed by atoms with van der Waals surface area (Å²) in [5, 5.41) is 5.89. The van der Waals surface area contributed by atoms with Crippen LogP contribution >= 0.6 is 11.3 Å². The molecule has 3 aromatic heterocycles. The Morgan fingerprint density at radius 3 is 2.79 bits per heavy atom. The van der Waals surface area contributed by atoms with Gasteiger partial charge in [0, 0.05) is 16.8 Å². The van der Waals surface area contributed by atoms with E-state index in [-0.39, 0.29) is 11.8 Å². The summed E-state index contributed by atoms with van der Waals surface area (Å²) in [6.07, 6.45) is 1.65. The lowest BCUT2D eigenvalue weighted by Gasteiger charge is -2.13. The number of benzene rings is 1. The van der Waals surface area contributed by atoms with Crippen molar-refractivity contribution >= 4 is 28.2 Å².